The molecule has 0 amide bonds. The summed E-state index contributed by atoms with van der Waals surface area (Å²) in [5.41, 5.74) is 1.59. The van der Waals surface area contributed by atoms with Crippen LogP contribution < -0.4 is 9.80 Å². The lowest BCUT2D eigenvalue weighted by atomic mass is 10.2. The van der Waals surface area contributed by atoms with Crippen molar-refractivity contribution in [3.63, 3.8) is 0 Å². The fourth-order valence-corrected chi connectivity index (χ4v) is 3.69. The summed E-state index contributed by atoms with van der Waals surface area (Å²) in [6, 6.07) is 7.75. The third kappa shape index (κ3) is 3.57. The molecule has 0 radical (unpaired) electrons. The highest BCUT2D eigenvalue weighted by Gasteiger charge is 2.18. The van der Waals surface area contributed by atoms with Crippen LogP contribution in [0.1, 0.15) is 24.7 Å². The van der Waals surface area contributed by atoms with E-state index >= 15 is 0 Å². The summed E-state index contributed by atoms with van der Waals surface area (Å²) in [6.07, 6.45) is 1.93. The minimum absolute atomic E-state index is 0.516. The molecule has 0 N–H and O–H groups in total. The molecular formula is C16H18ClN5S. The molecule has 1 saturated heterocycles. The Labute approximate surface area is 145 Å². The highest BCUT2D eigenvalue weighted by Crippen LogP contribution is 2.25. The Morgan fingerprint density at radius 2 is 2.04 bits per heavy atom. The van der Waals surface area contributed by atoms with Crippen LogP contribution in [0, 0.1) is 11.3 Å². The summed E-state index contributed by atoms with van der Waals surface area (Å²) in [5, 5.41) is 10.5. The summed E-state index contributed by atoms with van der Waals surface area (Å²) in [6.45, 7) is 5.85. The maximum Gasteiger partial charge on any atom is 0.205 e. The van der Waals surface area contributed by atoms with Gasteiger partial charge >= 0.3 is 0 Å². The lowest BCUT2D eigenvalue weighted by Gasteiger charge is -2.23. The van der Waals surface area contributed by atoms with Crippen molar-refractivity contribution in [3.8, 4) is 6.07 Å². The molecule has 0 aliphatic carbocycles. The zero-order valence-electron chi connectivity index (χ0n) is 13.0. The highest BCUT2D eigenvalue weighted by atomic mass is 35.5. The molecule has 1 aromatic carbocycles. The van der Waals surface area contributed by atoms with Gasteiger partial charge in [-0.1, -0.05) is 18.5 Å². The zero-order chi connectivity index (χ0) is 16.2. The van der Waals surface area contributed by atoms with Crippen molar-refractivity contribution >= 4 is 34.0 Å². The summed E-state index contributed by atoms with van der Waals surface area (Å²) >= 11 is 7.64. The van der Waals surface area contributed by atoms with Gasteiger partial charge in [-0.3, -0.25) is 0 Å². The molecule has 0 saturated carbocycles. The predicted molar refractivity (Wildman–Crippen MR) is 94.5 cm³/mol. The quantitative estimate of drug-likeness (QED) is 0.852. The average molecular weight is 348 g/mol. The van der Waals surface area contributed by atoms with Crippen LogP contribution in [0.2, 0.25) is 5.02 Å². The van der Waals surface area contributed by atoms with Gasteiger partial charge in [0.15, 0.2) is 0 Å². The molecule has 0 spiro atoms. The Hall–Kier alpha value is -1.84. The van der Waals surface area contributed by atoms with Crippen molar-refractivity contribution in [1.29, 1.82) is 5.26 Å². The summed E-state index contributed by atoms with van der Waals surface area (Å²) in [5.74, 6) is 0.921. The fraction of sp³-hybridized carbons (Fsp3) is 0.438. The van der Waals surface area contributed by atoms with Crippen molar-refractivity contribution in [2.24, 2.45) is 0 Å². The predicted octanol–water partition coefficient (Wildman–Crippen LogP) is 3.34. The van der Waals surface area contributed by atoms with E-state index in [1.165, 1.54) is 11.5 Å². The Balaban J connectivity index is 1.71. The third-order valence-electron chi connectivity index (χ3n) is 3.98. The Kier molecular flexibility index (Phi) is 4.99. The minimum Gasteiger partial charge on any atom is -0.370 e. The summed E-state index contributed by atoms with van der Waals surface area (Å²) < 4.78 is 4.38. The van der Waals surface area contributed by atoms with E-state index in [1.807, 2.05) is 12.1 Å². The maximum absolute atomic E-state index is 8.98. The smallest absolute Gasteiger partial charge is 0.205 e. The number of halogens is 1. The van der Waals surface area contributed by atoms with E-state index < -0.39 is 0 Å². The van der Waals surface area contributed by atoms with Gasteiger partial charge in [0.2, 0.25) is 5.13 Å². The number of aromatic nitrogens is 2. The molecule has 0 unspecified atom stereocenters. The van der Waals surface area contributed by atoms with Gasteiger partial charge in [0.25, 0.3) is 0 Å². The van der Waals surface area contributed by atoms with Crippen LogP contribution in [0.3, 0.4) is 0 Å². The first kappa shape index (κ1) is 16.0. The molecule has 0 bridgehead atoms. The van der Waals surface area contributed by atoms with Crippen molar-refractivity contribution in [3.05, 3.63) is 34.6 Å². The van der Waals surface area contributed by atoms with Gasteiger partial charge in [-0.2, -0.15) is 9.64 Å². The van der Waals surface area contributed by atoms with E-state index in [4.69, 9.17) is 16.9 Å². The van der Waals surface area contributed by atoms with E-state index in [1.54, 1.807) is 6.07 Å². The first-order valence-corrected chi connectivity index (χ1v) is 8.88. The molecule has 1 aliphatic rings. The van der Waals surface area contributed by atoms with Crippen molar-refractivity contribution < 1.29 is 0 Å². The molecule has 3 rings (SSSR count). The van der Waals surface area contributed by atoms with Crippen molar-refractivity contribution in [1.82, 2.24) is 9.36 Å². The Morgan fingerprint density at radius 3 is 2.74 bits per heavy atom. The van der Waals surface area contributed by atoms with Crippen molar-refractivity contribution in [2.45, 2.75) is 19.8 Å². The zero-order valence-corrected chi connectivity index (χ0v) is 14.6. The second-order valence-electron chi connectivity index (χ2n) is 5.45. The molecular weight excluding hydrogens is 330 g/mol. The molecule has 5 nitrogen and oxygen atoms in total. The maximum atomic E-state index is 8.98. The SMILES string of the molecule is CCc1nsc(N2CCCN(c3ccc(C#N)c(Cl)c3)CC2)n1. The van der Waals surface area contributed by atoms with Gasteiger partial charge in [-0.05, 0) is 24.6 Å². The van der Waals surface area contributed by atoms with Crippen molar-refractivity contribution in [2.75, 3.05) is 36.0 Å². The number of hydrogen-bond donors (Lipinski definition) is 0. The van der Waals surface area contributed by atoms with E-state index in [2.05, 4.69) is 32.2 Å². The van der Waals surface area contributed by atoms with Crippen LogP contribution in [0.4, 0.5) is 10.8 Å². The molecule has 1 fully saturated rings. The Bertz CT molecular complexity index is 724. The van der Waals surface area contributed by atoms with E-state index in [9.17, 15) is 0 Å². The number of nitrogens with zero attached hydrogens (tertiary/aromatic N) is 5. The first-order chi connectivity index (χ1) is 11.2. The van der Waals surface area contributed by atoms with E-state index in [-0.39, 0.29) is 0 Å². The molecule has 1 aromatic heterocycles. The number of hydrogen-bond acceptors (Lipinski definition) is 6. The van der Waals surface area contributed by atoms with Crippen LogP contribution >= 0.6 is 23.1 Å². The molecule has 2 aromatic rings. The van der Waals surface area contributed by atoms with Gasteiger partial charge in [0.05, 0.1) is 10.6 Å². The normalized spacial score (nSPS) is 15.3. The standard InChI is InChI=1S/C16H18ClN5S/c1-2-15-19-16(23-20-15)22-7-3-6-21(8-9-22)13-5-4-12(11-18)14(17)10-13/h4-5,10H,2-3,6-9H2,1H3. The minimum atomic E-state index is 0.516. The molecule has 120 valence electrons. The molecule has 2 heterocycles. The third-order valence-corrected chi connectivity index (χ3v) is 5.11. The van der Waals surface area contributed by atoms with Gasteiger partial charge in [-0.15, -0.1) is 0 Å². The van der Waals surface area contributed by atoms with Crippen LogP contribution in [-0.4, -0.2) is 35.5 Å². The monoisotopic (exact) mass is 347 g/mol. The van der Waals surface area contributed by atoms with Gasteiger partial charge in [0, 0.05) is 49.8 Å². The number of rotatable bonds is 3. The average Bonchev–Trinajstić information content (AvgIpc) is 2.91. The number of aryl methyl sites for hydroxylation is 1. The number of nitriles is 1. The second kappa shape index (κ2) is 7.16. The van der Waals surface area contributed by atoms with Gasteiger partial charge < -0.3 is 9.80 Å². The topological polar surface area (TPSA) is 56.1 Å². The summed E-state index contributed by atoms with van der Waals surface area (Å²) in [4.78, 5) is 9.21. The van der Waals surface area contributed by atoms with Crippen LogP contribution in [0.15, 0.2) is 18.2 Å². The van der Waals surface area contributed by atoms with Crippen LogP contribution in [0.25, 0.3) is 0 Å². The number of benzene rings is 1. The first-order valence-electron chi connectivity index (χ1n) is 7.73. The molecule has 0 atom stereocenters. The van der Waals surface area contributed by atoms with Gasteiger partial charge in [-0.25, -0.2) is 4.98 Å². The van der Waals surface area contributed by atoms with E-state index in [0.29, 0.717) is 10.6 Å². The van der Waals surface area contributed by atoms with Crippen LogP contribution in [0.5, 0.6) is 0 Å². The molecule has 7 heteroatoms. The fourth-order valence-electron chi connectivity index (χ4n) is 2.68. The summed E-state index contributed by atoms with van der Waals surface area (Å²) in [7, 11) is 0. The highest BCUT2D eigenvalue weighted by molar-refractivity contribution is 7.09. The molecule has 23 heavy (non-hydrogen) atoms. The largest absolute Gasteiger partial charge is 0.370 e. The molecule has 1 aliphatic heterocycles. The lowest BCUT2D eigenvalue weighted by Crippen LogP contribution is -2.30. The lowest BCUT2D eigenvalue weighted by molar-refractivity contribution is 0.801. The van der Waals surface area contributed by atoms with E-state index in [0.717, 1.165) is 55.7 Å². The van der Waals surface area contributed by atoms with Crippen LogP contribution in [-0.2, 0) is 6.42 Å². The second-order valence-corrected chi connectivity index (χ2v) is 6.59. The van der Waals surface area contributed by atoms with Gasteiger partial charge in [0.1, 0.15) is 11.9 Å². The Morgan fingerprint density at radius 1 is 1.26 bits per heavy atom. The number of anilines is 2.